The summed E-state index contributed by atoms with van der Waals surface area (Å²) in [6, 6.07) is 19.2. The monoisotopic (exact) mass is 420 g/mol. The summed E-state index contributed by atoms with van der Waals surface area (Å²) in [5.41, 5.74) is 3.46. The molecule has 1 aliphatic heterocycles. The number of carbonyl (C=O) groups is 2. The number of aryl methyl sites for hydroxylation is 1. The van der Waals surface area contributed by atoms with Crippen LogP contribution in [-0.2, 0) is 4.79 Å². The molecule has 1 aromatic heterocycles. The largest absolute Gasteiger partial charge is 0.480 e. The predicted octanol–water partition coefficient (Wildman–Crippen LogP) is 5.14. The first kappa shape index (κ1) is 20.1. The van der Waals surface area contributed by atoms with E-state index in [2.05, 4.69) is 4.98 Å². The Hall–Kier alpha value is -3.18. The van der Waals surface area contributed by atoms with Crippen LogP contribution in [0.5, 0.6) is 0 Å². The van der Waals surface area contributed by atoms with Gasteiger partial charge in [-0.15, -0.1) is 0 Å². The molecule has 6 heteroatoms. The van der Waals surface area contributed by atoms with Crippen LogP contribution in [0.3, 0.4) is 0 Å². The Kier molecular flexibility index (Phi) is 5.55. The third kappa shape index (κ3) is 3.68. The van der Waals surface area contributed by atoms with E-state index in [1.165, 1.54) is 4.90 Å². The van der Waals surface area contributed by atoms with Gasteiger partial charge in [-0.2, -0.15) is 0 Å². The number of hydrogen-bond donors (Lipinski definition) is 1. The molecule has 5 nitrogen and oxygen atoms in total. The Labute approximate surface area is 179 Å². The Morgan fingerprint density at radius 3 is 2.37 bits per heavy atom. The Morgan fingerprint density at radius 2 is 1.70 bits per heavy atom. The zero-order chi connectivity index (χ0) is 21.3. The highest BCUT2D eigenvalue weighted by atomic mass is 35.5. The van der Waals surface area contributed by atoms with Gasteiger partial charge in [0.05, 0.1) is 23.0 Å². The molecule has 152 valence electrons. The number of benzene rings is 2. The molecule has 1 saturated heterocycles. The molecule has 1 amide bonds. The van der Waals surface area contributed by atoms with E-state index in [0.717, 1.165) is 16.8 Å². The quantitative estimate of drug-likeness (QED) is 0.634. The smallest absolute Gasteiger partial charge is 0.326 e. The summed E-state index contributed by atoms with van der Waals surface area (Å²) in [7, 11) is 0. The van der Waals surface area contributed by atoms with Crippen LogP contribution in [0.1, 0.15) is 40.5 Å². The van der Waals surface area contributed by atoms with Crippen molar-refractivity contribution in [1.82, 2.24) is 9.88 Å². The fourth-order valence-corrected chi connectivity index (χ4v) is 4.34. The Bertz CT molecular complexity index is 1100. The van der Waals surface area contributed by atoms with E-state index in [0.29, 0.717) is 29.1 Å². The lowest BCUT2D eigenvalue weighted by molar-refractivity contribution is -0.141. The SMILES string of the molecule is Cc1nc(-c2ccccc2)ccc1C(=O)N1[C@@H](c2ccccc2Cl)CC[C@H]1C(=O)O. The zero-order valence-electron chi connectivity index (χ0n) is 16.5. The number of pyridine rings is 1. The van der Waals surface area contributed by atoms with E-state index in [1.54, 1.807) is 25.1 Å². The summed E-state index contributed by atoms with van der Waals surface area (Å²) in [5.74, 6) is -1.35. The van der Waals surface area contributed by atoms with Gasteiger partial charge in [-0.3, -0.25) is 9.78 Å². The molecule has 30 heavy (non-hydrogen) atoms. The van der Waals surface area contributed by atoms with Gasteiger partial charge < -0.3 is 10.0 Å². The number of hydrogen-bond acceptors (Lipinski definition) is 3. The Balaban J connectivity index is 1.72. The van der Waals surface area contributed by atoms with Gasteiger partial charge in [0.25, 0.3) is 5.91 Å². The van der Waals surface area contributed by atoms with Crippen molar-refractivity contribution in [3.8, 4) is 11.3 Å². The van der Waals surface area contributed by atoms with Gasteiger partial charge >= 0.3 is 5.97 Å². The molecule has 1 N–H and O–H groups in total. The number of aliphatic carboxylic acids is 1. The van der Waals surface area contributed by atoms with Crippen molar-refractivity contribution in [2.24, 2.45) is 0 Å². The topological polar surface area (TPSA) is 70.5 Å². The molecule has 0 saturated carbocycles. The first-order valence-electron chi connectivity index (χ1n) is 9.80. The van der Waals surface area contributed by atoms with Crippen molar-refractivity contribution in [3.05, 3.63) is 88.6 Å². The number of carbonyl (C=O) groups excluding carboxylic acids is 1. The maximum Gasteiger partial charge on any atom is 0.326 e. The van der Waals surface area contributed by atoms with Crippen LogP contribution in [0.4, 0.5) is 0 Å². The summed E-state index contributed by atoms with van der Waals surface area (Å²) in [6.45, 7) is 1.77. The van der Waals surface area contributed by atoms with Gasteiger partial charge in [-0.05, 0) is 43.5 Å². The highest BCUT2D eigenvalue weighted by molar-refractivity contribution is 6.31. The van der Waals surface area contributed by atoms with Crippen LogP contribution in [0.15, 0.2) is 66.7 Å². The lowest BCUT2D eigenvalue weighted by Crippen LogP contribution is -2.42. The molecule has 2 heterocycles. The summed E-state index contributed by atoms with van der Waals surface area (Å²) >= 11 is 6.37. The minimum atomic E-state index is -1.01. The zero-order valence-corrected chi connectivity index (χ0v) is 17.2. The maximum absolute atomic E-state index is 13.5. The van der Waals surface area contributed by atoms with Crippen LogP contribution in [0.25, 0.3) is 11.3 Å². The van der Waals surface area contributed by atoms with Crippen molar-refractivity contribution >= 4 is 23.5 Å². The van der Waals surface area contributed by atoms with E-state index in [1.807, 2.05) is 48.5 Å². The molecule has 0 unspecified atom stereocenters. The van der Waals surface area contributed by atoms with Crippen LogP contribution >= 0.6 is 11.6 Å². The third-order valence-electron chi connectivity index (χ3n) is 5.55. The second kappa shape index (κ2) is 8.28. The molecule has 0 aliphatic carbocycles. The number of rotatable bonds is 4. The number of likely N-dealkylation sites (tertiary alicyclic amines) is 1. The van der Waals surface area contributed by atoms with Crippen molar-refractivity contribution in [3.63, 3.8) is 0 Å². The van der Waals surface area contributed by atoms with Crippen molar-refractivity contribution < 1.29 is 14.7 Å². The number of aromatic nitrogens is 1. The average Bonchev–Trinajstić information content (AvgIpc) is 3.19. The highest BCUT2D eigenvalue weighted by Crippen LogP contribution is 2.40. The van der Waals surface area contributed by atoms with Gasteiger partial charge in [-0.1, -0.05) is 60.1 Å². The van der Waals surface area contributed by atoms with Crippen LogP contribution < -0.4 is 0 Å². The van der Waals surface area contributed by atoms with Gasteiger partial charge in [-0.25, -0.2) is 4.79 Å². The van der Waals surface area contributed by atoms with E-state index >= 15 is 0 Å². The maximum atomic E-state index is 13.5. The lowest BCUT2D eigenvalue weighted by Gasteiger charge is -2.29. The molecule has 4 rings (SSSR count). The fraction of sp³-hybridized carbons (Fsp3) is 0.208. The minimum absolute atomic E-state index is 0.338. The fourth-order valence-electron chi connectivity index (χ4n) is 4.08. The van der Waals surface area contributed by atoms with E-state index in [9.17, 15) is 14.7 Å². The molecular formula is C24H21ClN2O3. The number of halogens is 1. The molecule has 1 aliphatic rings. The molecule has 0 spiro atoms. The second-order valence-corrected chi connectivity index (χ2v) is 7.78. The molecule has 3 aromatic rings. The number of carboxylic acid groups (broad SMARTS) is 1. The summed E-state index contributed by atoms with van der Waals surface area (Å²) < 4.78 is 0. The molecular weight excluding hydrogens is 400 g/mol. The summed E-state index contributed by atoms with van der Waals surface area (Å²) in [4.78, 5) is 31.5. The standard InChI is InChI=1S/C24H21ClN2O3/c1-15-17(11-12-20(26-15)16-7-3-2-4-8-16)23(28)27-21(13-14-22(27)24(29)30)18-9-5-6-10-19(18)25/h2-12,21-22H,13-14H2,1H3,(H,29,30)/t21-,22+/m1/s1. The van der Waals surface area contributed by atoms with Crippen LogP contribution in [0, 0.1) is 6.92 Å². The van der Waals surface area contributed by atoms with E-state index in [4.69, 9.17) is 11.6 Å². The average molecular weight is 421 g/mol. The number of carboxylic acids is 1. The summed E-state index contributed by atoms with van der Waals surface area (Å²) in [6.07, 6.45) is 0.923. The van der Waals surface area contributed by atoms with E-state index in [-0.39, 0.29) is 11.9 Å². The molecule has 2 atom stereocenters. The molecule has 0 bridgehead atoms. The van der Waals surface area contributed by atoms with E-state index < -0.39 is 12.0 Å². The molecule has 2 aromatic carbocycles. The van der Waals surface area contributed by atoms with Crippen LogP contribution in [0.2, 0.25) is 5.02 Å². The van der Waals surface area contributed by atoms with Crippen molar-refractivity contribution in [1.29, 1.82) is 0 Å². The highest BCUT2D eigenvalue weighted by Gasteiger charge is 2.43. The summed E-state index contributed by atoms with van der Waals surface area (Å²) in [5, 5.41) is 10.3. The van der Waals surface area contributed by atoms with Gasteiger partial charge in [0, 0.05) is 10.6 Å². The predicted molar refractivity (Wildman–Crippen MR) is 115 cm³/mol. The van der Waals surface area contributed by atoms with Crippen LogP contribution in [-0.4, -0.2) is 32.9 Å². The van der Waals surface area contributed by atoms with Gasteiger partial charge in [0.1, 0.15) is 6.04 Å². The minimum Gasteiger partial charge on any atom is -0.480 e. The normalized spacial score (nSPS) is 18.4. The number of amides is 1. The first-order chi connectivity index (χ1) is 14.5. The molecule has 1 fully saturated rings. The van der Waals surface area contributed by atoms with Gasteiger partial charge in [0.2, 0.25) is 0 Å². The third-order valence-corrected chi connectivity index (χ3v) is 5.90. The second-order valence-electron chi connectivity index (χ2n) is 7.38. The number of nitrogens with zero attached hydrogens (tertiary/aromatic N) is 2. The lowest BCUT2D eigenvalue weighted by atomic mass is 10.0. The van der Waals surface area contributed by atoms with Gasteiger partial charge in [0.15, 0.2) is 0 Å². The van der Waals surface area contributed by atoms with Crippen molar-refractivity contribution in [2.75, 3.05) is 0 Å². The molecule has 0 radical (unpaired) electrons. The Morgan fingerprint density at radius 1 is 1.00 bits per heavy atom. The van der Waals surface area contributed by atoms with Crippen molar-refractivity contribution in [2.45, 2.75) is 31.8 Å². The first-order valence-corrected chi connectivity index (χ1v) is 10.2.